The molecule has 0 aliphatic rings. The van der Waals surface area contributed by atoms with Crippen LogP contribution in [0.25, 0.3) is 10.9 Å². The number of hydrogen-bond donors (Lipinski definition) is 1. The van der Waals surface area contributed by atoms with E-state index >= 15 is 0 Å². The lowest BCUT2D eigenvalue weighted by atomic mass is 10.2. The standard InChI is InChI=1S/C13H14ClFN2O3S/c1-16-13(18)3-2-6-17-8-12(21(14,19)20)10-7-9(15)4-5-11(10)17/h4-5,7-8H,2-3,6H2,1H3,(H,16,18). The lowest BCUT2D eigenvalue weighted by Gasteiger charge is -2.04. The first kappa shape index (κ1) is 15.8. The van der Waals surface area contributed by atoms with Crippen molar-refractivity contribution in [2.24, 2.45) is 0 Å². The van der Waals surface area contributed by atoms with E-state index in [4.69, 9.17) is 10.7 Å². The van der Waals surface area contributed by atoms with Crippen molar-refractivity contribution in [1.82, 2.24) is 9.88 Å². The van der Waals surface area contributed by atoms with Gasteiger partial charge in [0.25, 0.3) is 9.05 Å². The zero-order chi connectivity index (χ0) is 15.6. The molecule has 5 nitrogen and oxygen atoms in total. The van der Waals surface area contributed by atoms with E-state index < -0.39 is 14.9 Å². The Hall–Kier alpha value is -1.60. The Morgan fingerprint density at radius 1 is 1.43 bits per heavy atom. The Labute approximate surface area is 126 Å². The van der Waals surface area contributed by atoms with Gasteiger partial charge in [0, 0.05) is 47.8 Å². The van der Waals surface area contributed by atoms with E-state index in [1.807, 2.05) is 0 Å². The van der Waals surface area contributed by atoms with Crippen molar-refractivity contribution in [3.63, 3.8) is 0 Å². The summed E-state index contributed by atoms with van der Waals surface area (Å²) in [6.07, 6.45) is 2.22. The molecule has 1 aromatic heterocycles. The molecule has 0 atom stereocenters. The molecule has 0 aliphatic heterocycles. The SMILES string of the molecule is CNC(=O)CCCn1cc(S(=O)(=O)Cl)c2cc(F)ccc21. The molecular formula is C13H14ClFN2O3S. The molecule has 21 heavy (non-hydrogen) atoms. The fraction of sp³-hybridized carbons (Fsp3) is 0.308. The van der Waals surface area contributed by atoms with Crippen LogP contribution in [0.5, 0.6) is 0 Å². The fourth-order valence-electron chi connectivity index (χ4n) is 2.15. The van der Waals surface area contributed by atoms with Crippen molar-refractivity contribution in [2.45, 2.75) is 24.3 Å². The van der Waals surface area contributed by atoms with Crippen molar-refractivity contribution in [2.75, 3.05) is 7.05 Å². The van der Waals surface area contributed by atoms with E-state index in [-0.39, 0.29) is 16.2 Å². The second-order valence-electron chi connectivity index (χ2n) is 4.56. The minimum atomic E-state index is -3.97. The summed E-state index contributed by atoms with van der Waals surface area (Å²) in [5, 5.41) is 2.75. The van der Waals surface area contributed by atoms with Crippen LogP contribution in [0, 0.1) is 5.82 Å². The first-order valence-corrected chi connectivity index (χ1v) is 8.57. The lowest BCUT2D eigenvalue weighted by Crippen LogP contribution is -2.17. The average Bonchev–Trinajstić information content (AvgIpc) is 2.76. The Balaban J connectivity index is 2.38. The van der Waals surface area contributed by atoms with E-state index in [0.717, 1.165) is 6.07 Å². The Bertz CT molecular complexity index is 786. The molecule has 0 fully saturated rings. The van der Waals surface area contributed by atoms with Gasteiger partial charge in [-0.05, 0) is 24.6 Å². The number of carbonyl (C=O) groups is 1. The molecule has 114 valence electrons. The zero-order valence-electron chi connectivity index (χ0n) is 11.3. The Morgan fingerprint density at radius 2 is 2.14 bits per heavy atom. The number of hydrogen-bond acceptors (Lipinski definition) is 3. The van der Waals surface area contributed by atoms with Gasteiger partial charge in [0.05, 0.1) is 0 Å². The molecule has 2 aromatic rings. The third-order valence-electron chi connectivity index (χ3n) is 3.15. The maximum absolute atomic E-state index is 13.3. The Morgan fingerprint density at radius 3 is 2.76 bits per heavy atom. The number of halogens is 2. The average molecular weight is 333 g/mol. The minimum Gasteiger partial charge on any atom is -0.359 e. The highest BCUT2D eigenvalue weighted by molar-refractivity contribution is 8.14. The van der Waals surface area contributed by atoms with Gasteiger partial charge in [0.15, 0.2) is 0 Å². The first-order valence-electron chi connectivity index (χ1n) is 6.26. The molecule has 2 rings (SSSR count). The van der Waals surface area contributed by atoms with Crippen LogP contribution >= 0.6 is 10.7 Å². The molecule has 1 aromatic carbocycles. The predicted molar refractivity (Wildman–Crippen MR) is 78.2 cm³/mol. The third-order valence-corrected chi connectivity index (χ3v) is 4.50. The highest BCUT2D eigenvalue weighted by atomic mass is 35.7. The summed E-state index contributed by atoms with van der Waals surface area (Å²) in [4.78, 5) is 11.1. The van der Waals surface area contributed by atoms with E-state index in [2.05, 4.69) is 5.32 Å². The van der Waals surface area contributed by atoms with E-state index in [1.165, 1.54) is 18.3 Å². The first-order chi connectivity index (χ1) is 9.82. The normalized spacial score (nSPS) is 11.8. The summed E-state index contributed by atoms with van der Waals surface area (Å²) >= 11 is 0. The maximum Gasteiger partial charge on any atom is 0.263 e. The van der Waals surface area contributed by atoms with Crippen molar-refractivity contribution in [1.29, 1.82) is 0 Å². The summed E-state index contributed by atoms with van der Waals surface area (Å²) in [5.41, 5.74) is 0.563. The molecule has 1 N–H and O–H groups in total. The van der Waals surface area contributed by atoms with Gasteiger partial charge in [0.2, 0.25) is 5.91 Å². The smallest absolute Gasteiger partial charge is 0.263 e. The summed E-state index contributed by atoms with van der Waals surface area (Å²) in [6, 6.07) is 3.89. The van der Waals surface area contributed by atoms with Crippen molar-refractivity contribution in [3.05, 3.63) is 30.2 Å². The van der Waals surface area contributed by atoms with Gasteiger partial charge in [0.1, 0.15) is 10.7 Å². The largest absolute Gasteiger partial charge is 0.359 e. The molecule has 0 saturated heterocycles. The summed E-state index contributed by atoms with van der Waals surface area (Å²) < 4.78 is 38.1. The van der Waals surface area contributed by atoms with Gasteiger partial charge < -0.3 is 9.88 Å². The number of aryl methyl sites for hydroxylation is 1. The number of nitrogens with one attached hydrogen (secondary N) is 1. The van der Waals surface area contributed by atoms with Crippen molar-refractivity contribution >= 4 is 36.5 Å². The number of nitrogens with zero attached hydrogens (tertiary/aromatic N) is 1. The van der Waals surface area contributed by atoms with E-state index in [0.29, 0.717) is 24.9 Å². The molecule has 0 radical (unpaired) electrons. The highest BCUT2D eigenvalue weighted by Crippen LogP contribution is 2.29. The van der Waals surface area contributed by atoms with Crippen LogP contribution in [0.4, 0.5) is 4.39 Å². The van der Waals surface area contributed by atoms with Crippen LogP contribution in [0.3, 0.4) is 0 Å². The van der Waals surface area contributed by atoms with Crippen LogP contribution < -0.4 is 5.32 Å². The zero-order valence-corrected chi connectivity index (χ0v) is 12.8. The second-order valence-corrected chi connectivity index (χ2v) is 7.10. The molecule has 0 saturated carbocycles. The number of aromatic nitrogens is 1. The van der Waals surface area contributed by atoms with Gasteiger partial charge in [-0.15, -0.1) is 0 Å². The van der Waals surface area contributed by atoms with Crippen LogP contribution in [0.15, 0.2) is 29.3 Å². The van der Waals surface area contributed by atoms with E-state index in [1.54, 1.807) is 11.6 Å². The quantitative estimate of drug-likeness (QED) is 0.854. The predicted octanol–water partition coefficient (Wildman–Crippen LogP) is 2.23. The molecule has 0 spiro atoms. The maximum atomic E-state index is 13.3. The van der Waals surface area contributed by atoms with Crippen LogP contribution in [-0.4, -0.2) is 25.9 Å². The number of rotatable bonds is 5. The third kappa shape index (κ3) is 3.54. The molecule has 0 unspecified atom stereocenters. The van der Waals surface area contributed by atoms with Gasteiger partial charge >= 0.3 is 0 Å². The van der Waals surface area contributed by atoms with Gasteiger partial charge in [-0.2, -0.15) is 0 Å². The summed E-state index contributed by atoms with van der Waals surface area (Å²) in [5.74, 6) is -0.630. The molecule has 0 bridgehead atoms. The molecule has 1 amide bonds. The van der Waals surface area contributed by atoms with Crippen molar-refractivity contribution in [3.8, 4) is 0 Å². The molecule has 8 heteroatoms. The Kier molecular flexibility index (Phi) is 4.53. The molecule has 0 aliphatic carbocycles. The van der Waals surface area contributed by atoms with Crippen molar-refractivity contribution < 1.29 is 17.6 Å². The van der Waals surface area contributed by atoms with Crippen LogP contribution in [0.2, 0.25) is 0 Å². The number of fused-ring (bicyclic) bond motifs is 1. The lowest BCUT2D eigenvalue weighted by molar-refractivity contribution is -0.120. The number of amides is 1. The highest BCUT2D eigenvalue weighted by Gasteiger charge is 2.19. The van der Waals surface area contributed by atoms with E-state index in [9.17, 15) is 17.6 Å². The number of carbonyl (C=O) groups excluding carboxylic acids is 1. The monoisotopic (exact) mass is 332 g/mol. The van der Waals surface area contributed by atoms with Gasteiger partial charge in [-0.25, -0.2) is 12.8 Å². The summed E-state index contributed by atoms with van der Waals surface area (Å²) in [6.45, 7) is 0.433. The molecule has 1 heterocycles. The topological polar surface area (TPSA) is 68.2 Å². The number of benzene rings is 1. The fourth-order valence-corrected chi connectivity index (χ4v) is 3.20. The van der Waals surface area contributed by atoms with Gasteiger partial charge in [-0.3, -0.25) is 4.79 Å². The van der Waals surface area contributed by atoms with Crippen LogP contribution in [0.1, 0.15) is 12.8 Å². The van der Waals surface area contributed by atoms with Crippen LogP contribution in [-0.2, 0) is 20.4 Å². The minimum absolute atomic E-state index is 0.0947. The van der Waals surface area contributed by atoms with Gasteiger partial charge in [-0.1, -0.05) is 0 Å². The summed E-state index contributed by atoms with van der Waals surface area (Å²) in [7, 11) is 2.97. The second kappa shape index (κ2) is 6.03. The molecular weight excluding hydrogens is 319 g/mol.